The highest BCUT2D eigenvalue weighted by Crippen LogP contribution is 2.02. The zero-order valence-corrected chi connectivity index (χ0v) is 9.93. The summed E-state index contributed by atoms with van der Waals surface area (Å²) in [5.41, 5.74) is 0.163. The molecule has 0 aliphatic carbocycles. The second-order valence-corrected chi connectivity index (χ2v) is 3.24. The van der Waals surface area contributed by atoms with Gasteiger partial charge < -0.3 is 10.4 Å². The van der Waals surface area contributed by atoms with Crippen molar-refractivity contribution in [2.24, 2.45) is 0 Å². The normalized spacial score (nSPS) is 12.5. The van der Waals surface area contributed by atoms with E-state index < -0.39 is 18.2 Å². The van der Waals surface area contributed by atoms with Crippen LogP contribution in [0.2, 0.25) is 0 Å². The number of aliphatic hydroxyl groups excluding tert-OH is 1. The van der Waals surface area contributed by atoms with Crippen LogP contribution in [0.5, 0.6) is 0 Å². The van der Waals surface area contributed by atoms with Crippen molar-refractivity contribution in [3.63, 3.8) is 0 Å². The Bertz CT molecular complexity index is 311. The summed E-state index contributed by atoms with van der Waals surface area (Å²) in [5, 5.41) is 11.5. The molecule has 0 spiro atoms. The molecule has 0 aromatic carbocycles. The van der Waals surface area contributed by atoms with E-state index >= 15 is 0 Å². The van der Waals surface area contributed by atoms with Crippen molar-refractivity contribution >= 4 is 12.1 Å². The van der Waals surface area contributed by atoms with Gasteiger partial charge in [-0.3, -0.25) is 0 Å². The largest absolute Gasteiger partial charge is 0.450 e. The molecular formula is C11H17NO5. The third-order valence-electron chi connectivity index (χ3n) is 1.77. The van der Waals surface area contributed by atoms with E-state index in [9.17, 15) is 14.7 Å². The van der Waals surface area contributed by atoms with E-state index in [-0.39, 0.29) is 12.1 Å². The summed E-state index contributed by atoms with van der Waals surface area (Å²) in [7, 11) is 0. The molecule has 2 N–H and O–H groups in total. The smallest absolute Gasteiger partial charge is 0.389 e. The molecule has 0 radical (unpaired) electrons. The molecule has 6 heteroatoms. The monoisotopic (exact) mass is 243 g/mol. The molecule has 96 valence electrons. The Kier molecular flexibility index (Phi) is 7.45. The molecule has 1 unspecified atom stereocenters. The van der Waals surface area contributed by atoms with Gasteiger partial charge >= 0.3 is 12.1 Å². The molecule has 0 saturated carbocycles. The Hall–Kier alpha value is -1.82. The minimum Gasteiger partial charge on any atom is -0.389 e. The summed E-state index contributed by atoms with van der Waals surface area (Å²) in [6.45, 7) is 6.80. The number of aliphatic hydroxyl groups is 1. The summed E-state index contributed by atoms with van der Waals surface area (Å²) >= 11 is 0. The predicted molar refractivity (Wildman–Crippen MR) is 60.8 cm³/mol. The zero-order chi connectivity index (χ0) is 13.3. The Morgan fingerprint density at radius 3 is 2.65 bits per heavy atom. The summed E-state index contributed by atoms with van der Waals surface area (Å²) in [6, 6.07) is 0. The van der Waals surface area contributed by atoms with E-state index in [0.29, 0.717) is 6.42 Å². The summed E-state index contributed by atoms with van der Waals surface area (Å²) in [6.07, 6.45) is 1.64. The molecule has 6 nitrogen and oxygen atoms in total. The Morgan fingerprint density at radius 1 is 1.47 bits per heavy atom. The molecule has 0 saturated heterocycles. The quantitative estimate of drug-likeness (QED) is 0.326. The number of carbonyl (C=O) groups excluding carboxylic acids is 2. The first-order chi connectivity index (χ1) is 8.01. The molecule has 1 amide bonds. The average molecular weight is 243 g/mol. The van der Waals surface area contributed by atoms with Crippen LogP contribution in [-0.2, 0) is 14.6 Å². The summed E-state index contributed by atoms with van der Waals surface area (Å²) < 4.78 is 0. The van der Waals surface area contributed by atoms with E-state index in [1.165, 1.54) is 19.1 Å². The average Bonchev–Trinajstić information content (AvgIpc) is 2.32. The maximum Gasteiger partial charge on any atom is 0.450 e. The van der Waals surface area contributed by atoms with Gasteiger partial charge in [-0.2, -0.15) is 0 Å². The van der Waals surface area contributed by atoms with Crippen molar-refractivity contribution in [2.75, 3.05) is 6.54 Å². The van der Waals surface area contributed by atoms with E-state index in [4.69, 9.17) is 0 Å². The van der Waals surface area contributed by atoms with E-state index in [1.54, 1.807) is 6.92 Å². The molecule has 0 heterocycles. The maximum atomic E-state index is 11.2. The minimum absolute atomic E-state index is 0.163. The topological polar surface area (TPSA) is 84.9 Å². The van der Waals surface area contributed by atoms with Crippen LogP contribution in [0.25, 0.3) is 0 Å². The van der Waals surface area contributed by atoms with Gasteiger partial charge in [0.25, 0.3) is 0 Å². The van der Waals surface area contributed by atoms with Crippen LogP contribution in [0.3, 0.4) is 0 Å². The number of amides is 1. The van der Waals surface area contributed by atoms with Gasteiger partial charge in [0.1, 0.15) is 0 Å². The number of hydrogen-bond donors (Lipinski definition) is 2. The molecule has 1 atom stereocenters. The van der Waals surface area contributed by atoms with E-state index in [2.05, 4.69) is 21.7 Å². The number of carbonyl (C=O) groups is 2. The van der Waals surface area contributed by atoms with Crippen LogP contribution in [0, 0.1) is 0 Å². The van der Waals surface area contributed by atoms with E-state index in [1.807, 2.05) is 0 Å². The van der Waals surface area contributed by atoms with Gasteiger partial charge in [0.2, 0.25) is 0 Å². The van der Waals surface area contributed by atoms with Gasteiger partial charge in [-0.15, -0.1) is 6.58 Å². The molecular weight excluding hydrogens is 226 g/mol. The lowest BCUT2D eigenvalue weighted by Gasteiger charge is -2.05. The van der Waals surface area contributed by atoms with Gasteiger partial charge in [0, 0.05) is 12.1 Å². The summed E-state index contributed by atoms with van der Waals surface area (Å²) in [4.78, 5) is 30.5. The summed E-state index contributed by atoms with van der Waals surface area (Å²) in [5.74, 6) is -0.828. The van der Waals surface area contributed by atoms with Crippen molar-refractivity contribution in [3.8, 4) is 0 Å². The maximum absolute atomic E-state index is 11.2. The van der Waals surface area contributed by atoms with Gasteiger partial charge in [-0.25, -0.2) is 19.4 Å². The predicted octanol–water partition coefficient (Wildman–Crippen LogP) is 1.07. The van der Waals surface area contributed by atoms with Gasteiger partial charge in [-0.05, 0) is 19.4 Å². The molecule has 0 aromatic rings. The fourth-order valence-electron chi connectivity index (χ4n) is 0.801. The molecule has 0 aliphatic rings. The lowest BCUT2D eigenvalue weighted by atomic mass is 10.2. The van der Waals surface area contributed by atoms with Crippen molar-refractivity contribution < 1.29 is 24.5 Å². The highest BCUT2D eigenvalue weighted by molar-refractivity contribution is 5.87. The van der Waals surface area contributed by atoms with Crippen LogP contribution in [0.15, 0.2) is 24.3 Å². The highest BCUT2D eigenvalue weighted by Gasteiger charge is 2.12. The van der Waals surface area contributed by atoms with Crippen molar-refractivity contribution in [1.82, 2.24) is 5.32 Å². The van der Waals surface area contributed by atoms with Crippen LogP contribution < -0.4 is 5.32 Å². The van der Waals surface area contributed by atoms with Gasteiger partial charge in [0.05, 0.1) is 6.10 Å². The highest BCUT2D eigenvalue weighted by atomic mass is 17.2. The first-order valence-corrected chi connectivity index (χ1v) is 5.15. The molecule has 0 aliphatic heterocycles. The van der Waals surface area contributed by atoms with Crippen molar-refractivity contribution in [1.29, 1.82) is 0 Å². The van der Waals surface area contributed by atoms with Crippen LogP contribution in [0.4, 0.5) is 4.79 Å². The SMILES string of the molecule is C=CCNC(=O)OOC(=O)C(C)=CC(O)CC. The van der Waals surface area contributed by atoms with E-state index in [0.717, 1.165) is 0 Å². The standard InChI is InChI=1S/C11H17NO5/c1-4-6-12-11(15)17-16-10(14)8(3)7-9(13)5-2/h4,7,9,13H,1,5-6H2,2-3H3,(H,12,15). The fraction of sp³-hybridized carbons (Fsp3) is 0.455. The Labute approximate surface area is 99.8 Å². The lowest BCUT2D eigenvalue weighted by molar-refractivity contribution is -0.227. The van der Waals surface area contributed by atoms with Gasteiger partial charge in [0.15, 0.2) is 0 Å². The first-order valence-electron chi connectivity index (χ1n) is 5.15. The molecule has 0 aromatic heterocycles. The third-order valence-corrected chi connectivity index (χ3v) is 1.77. The molecule has 0 rings (SSSR count). The Balaban J connectivity index is 4.05. The van der Waals surface area contributed by atoms with Gasteiger partial charge in [-0.1, -0.05) is 13.0 Å². The second kappa shape index (κ2) is 8.35. The van der Waals surface area contributed by atoms with Crippen LogP contribution in [0.1, 0.15) is 20.3 Å². The lowest BCUT2D eigenvalue weighted by Crippen LogP contribution is -2.25. The van der Waals surface area contributed by atoms with Crippen molar-refractivity contribution in [3.05, 3.63) is 24.3 Å². The van der Waals surface area contributed by atoms with Crippen molar-refractivity contribution in [2.45, 2.75) is 26.4 Å². The third kappa shape index (κ3) is 7.13. The fourth-order valence-corrected chi connectivity index (χ4v) is 0.801. The van der Waals surface area contributed by atoms with Crippen LogP contribution >= 0.6 is 0 Å². The molecule has 0 fully saturated rings. The molecule has 0 bridgehead atoms. The number of rotatable bonds is 5. The number of nitrogens with one attached hydrogen (secondary N) is 1. The second-order valence-electron chi connectivity index (χ2n) is 3.24. The Morgan fingerprint density at radius 2 is 2.12 bits per heavy atom. The minimum atomic E-state index is -0.887. The first kappa shape index (κ1) is 15.2. The molecule has 17 heavy (non-hydrogen) atoms. The number of hydrogen-bond acceptors (Lipinski definition) is 5. The zero-order valence-electron chi connectivity index (χ0n) is 9.93. The van der Waals surface area contributed by atoms with Crippen LogP contribution in [-0.4, -0.2) is 29.8 Å².